The van der Waals surface area contributed by atoms with Gasteiger partial charge in [0.25, 0.3) is 0 Å². The van der Waals surface area contributed by atoms with Gasteiger partial charge in [0.05, 0.1) is 17.4 Å². The Bertz CT molecular complexity index is 1070. The molecule has 126 valence electrons. The molecule has 3 heterocycles. The van der Waals surface area contributed by atoms with Crippen LogP contribution in [0.25, 0.3) is 27.8 Å². The van der Waals surface area contributed by atoms with Gasteiger partial charge in [-0.25, -0.2) is 9.97 Å². The van der Waals surface area contributed by atoms with Crippen LogP contribution in [-0.4, -0.2) is 25.6 Å². The summed E-state index contributed by atoms with van der Waals surface area (Å²) in [6.07, 6.45) is 8.79. The molecule has 3 N–H and O–H groups in total. The minimum absolute atomic E-state index is 0.242. The summed E-state index contributed by atoms with van der Waals surface area (Å²) in [5.74, 6) is 0.242. The van der Waals surface area contributed by atoms with E-state index in [0.717, 1.165) is 34.0 Å². The number of hydrogen-bond donors (Lipinski definition) is 2. The number of benzene rings is 1. The molecule has 1 aliphatic rings. The van der Waals surface area contributed by atoms with E-state index in [1.807, 2.05) is 37.4 Å². The van der Waals surface area contributed by atoms with Gasteiger partial charge >= 0.3 is 0 Å². The van der Waals surface area contributed by atoms with Gasteiger partial charge < -0.3 is 10.7 Å². The lowest BCUT2D eigenvalue weighted by atomic mass is 10.0. The fourth-order valence-electron chi connectivity index (χ4n) is 2.82. The molecule has 1 fully saturated rings. The van der Waals surface area contributed by atoms with E-state index in [1.54, 1.807) is 10.7 Å². The minimum Gasteiger partial charge on any atom is -0.382 e. The van der Waals surface area contributed by atoms with Gasteiger partial charge in [-0.2, -0.15) is 0 Å². The van der Waals surface area contributed by atoms with E-state index in [-0.39, 0.29) is 5.82 Å². The zero-order chi connectivity index (χ0) is 17.4. The Morgan fingerprint density at radius 1 is 1.20 bits per heavy atom. The Hall–Kier alpha value is -3.15. The molecule has 1 aliphatic carbocycles. The van der Waals surface area contributed by atoms with E-state index >= 15 is 0 Å². The van der Waals surface area contributed by atoms with Crippen molar-refractivity contribution in [3.8, 4) is 11.1 Å². The number of imidazole rings is 2. The van der Waals surface area contributed by atoms with Gasteiger partial charge in [-0.05, 0) is 41.8 Å². The first-order chi connectivity index (χ1) is 12.2. The Morgan fingerprint density at radius 2 is 2.00 bits per heavy atom. The molecular formula is C19H19N5O. The summed E-state index contributed by atoms with van der Waals surface area (Å²) in [4.78, 5) is 22.8. The predicted octanol–water partition coefficient (Wildman–Crippen LogP) is 3.75. The highest BCUT2D eigenvalue weighted by Crippen LogP contribution is 2.29. The van der Waals surface area contributed by atoms with Crippen LogP contribution in [0.3, 0.4) is 0 Å². The van der Waals surface area contributed by atoms with Crippen LogP contribution in [0.2, 0.25) is 0 Å². The number of nitrogens with zero attached hydrogens (tertiary/aromatic N) is 3. The summed E-state index contributed by atoms with van der Waals surface area (Å²) in [5, 5.41) is 0. The van der Waals surface area contributed by atoms with E-state index < -0.39 is 0 Å². The second-order valence-corrected chi connectivity index (χ2v) is 6.24. The van der Waals surface area contributed by atoms with Crippen LogP contribution < -0.4 is 5.73 Å². The molecule has 0 amide bonds. The van der Waals surface area contributed by atoms with Crippen LogP contribution in [0.4, 0.5) is 5.82 Å². The Morgan fingerprint density at radius 3 is 2.72 bits per heavy atom. The number of nitrogen functional groups attached to an aromatic ring is 1. The zero-order valence-electron chi connectivity index (χ0n) is 14.0. The van der Waals surface area contributed by atoms with E-state index in [1.165, 1.54) is 19.3 Å². The number of anilines is 1. The SMILES string of the molecule is C1CC1.Cc1c(-c2ccc3nc(N)c(C=O)n3c2)ccc2[nH]cnc12. The van der Waals surface area contributed by atoms with Crippen LogP contribution in [0.1, 0.15) is 35.3 Å². The summed E-state index contributed by atoms with van der Waals surface area (Å²) in [5.41, 5.74) is 11.9. The molecule has 5 rings (SSSR count). The molecule has 0 saturated heterocycles. The quantitative estimate of drug-likeness (QED) is 0.547. The first-order valence-electron chi connectivity index (χ1n) is 8.35. The maximum atomic E-state index is 11.2. The number of fused-ring (bicyclic) bond motifs is 2. The average Bonchev–Trinajstić information content (AvgIpc) is 3.35. The van der Waals surface area contributed by atoms with Crippen molar-refractivity contribution in [1.29, 1.82) is 0 Å². The summed E-state index contributed by atoms with van der Waals surface area (Å²) in [6.45, 7) is 2.03. The number of aromatic amines is 1. The molecule has 0 atom stereocenters. The zero-order valence-corrected chi connectivity index (χ0v) is 14.0. The van der Waals surface area contributed by atoms with Crippen LogP contribution in [-0.2, 0) is 0 Å². The van der Waals surface area contributed by atoms with Crippen molar-refractivity contribution in [2.24, 2.45) is 0 Å². The van der Waals surface area contributed by atoms with Gasteiger partial charge in [0.1, 0.15) is 11.3 Å². The molecule has 0 spiro atoms. The highest BCUT2D eigenvalue weighted by atomic mass is 16.1. The van der Waals surface area contributed by atoms with Gasteiger partial charge in [-0.1, -0.05) is 25.3 Å². The smallest absolute Gasteiger partial charge is 0.170 e. The lowest BCUT2D eigenvalue weighted by molar-refractivity contribution is 0.111. The Labute approximate surface area is 144 Å². The van der Waals surface area contributed by atoms with Gasteiger partial charge in [0.15, 0.2) is 12.1 Å². The van der Waals surface area contributed by atoms with Gasteiger partial charge in [0, 0.05) is 6.20 Å². The number of hydrogen-bond acceptors (Lipinski definition) is 4. The second kappa shape index (κ2) is 6.05. The minimum atomic E-state index is 0.242. The highest BCUT2D eigenvalue weighted by molar-refractivity contribution is 5.87. The van der Waals surface area contributed by atoms with E-state index in [4.69, 9.17) is 5.73 Å². The van der Waals surface area contributed by atoms with Crippen molar-refractivity contribution < 1.29 is 4.79 Å². The number of rotatable bonds is 2. The third-order valence-electron chi connectivity index (χ3n) is 4.30. The topological polar surface area (TPSA) is 89.1 Å². The number of carbonyl (C=O) groups is 1. The van der Waals surface area contributed by atoms with Gasteiger partial charge in [-0.15, -0.1) is 0 Å². The summed E-state index contributed by atoms with van der Waals surface area (Å²) in [6, 6.07) is 7.86. The predicted molar refractivity (Wildman–Crippen MR) is 98.7 cm³/mol. The number of aromatic nitrogens is 4. The number of pyridine rings is 1. The molecule has 0 unspecified atom stereocenters. The Kier molecular flexibility index (Phi) is 3.72. The number of nitrogens with two attached hydrogens (primary N) is 1. The molecule has 0 aliphatic heterocycles. The number of nitrogens with one attached hydrogen (secondary N) is 1. The van der Waals surface area contributed by atoms with Crippen molar-refractivity contribution in [2.75, 3.05) is 5.73 Å². The standard InChI is InChI=1S/C16H13N5O.C3H6/c1-9-11(3-4-12-15(9)19-8-18-12)10-2-5-14-20-16(17)13(7-22)21(14)6-10;1-2-3-1/h2-8H,17H2,1H3,(H,18,19);1-3H2. The van der Waals surface area contributed by atoms with E-state index in [9.17, 15) is 4.79 Å². The first kappa shape index (κ1) is 15.4. The first-order valence-corrected chi connectivity index (χ1v) is 8.35. The third kappa shape index (κ3) is 2.76. The molecule has 6 heteroatoms. The van der Waals surface area contributed by atoms with Crippen molar-refractivity contribution in [3.63, 3.8) is 0 Å². The lowest BCUT2D eigenvalue weighted by Crippen LogP contribution is -1.95. The molecule has 4 aromatic rings. The van der Waals surface area contributed by atoms with Crippen molar-refractivity contribution in [3.05, 3.63) is 48.0 Å². The highest BCUT2D eigenvalue weighted by Gasteiger charge is 2.12. The fraction of sp³-hybridized carbons (Fsp3) is 0.211. The molecule has 0 bridgehead atoms. The van der Waals surface area contributed by atoms with Crippen LogP contribution in [0.5, 0.6) is 0 Å². The molecule has 3 aromatic heterocycles. The monoisotopic (exact) mass is 333 g/mol. The van der Waals surface area contributed by atoms with Crippen LogP contribution in [0.15, 0.2) is 36.8 Å². The molecular weight excluding hydrogens is 314 g/mol. The van der Waals surface area contributed by atoms with Crippen molar-refractivity contribution >= 4 is 28.8 Å². The number of aryl methyl sites for hydroxylation is 1. The van der Waals surface area contributed by atoms with Crippen molar-refractivity contribution in [1.82, 2.24) is 19.4 Å². The fourth-order valence-corrected chi connectivity index (χ4v) is 2.82. The van der Waals surface area contributed by atoms with Crippen LogP contribution >= 0.6 is 0 Å². The van der Waals surface area contributed by atoms with E-state index in [0.29, 0.717) is 11.3 Å². The second-order valence-electron chi connectivity index (χ2n) is 6.24. The van der Waals surface area contributed by atoms with E-state index in [2.05, 4.69) is 15.0 Å². The Balaban J connectivity index is 0.000000474. The number of aldehydes is 1. The van der Waals surface area contributed by atoms with Gasteiger partial charge in [0.2, 0.25) is 0 Å². The molecule has 1 aromatic carbocycles. The largest absolute Gasteiger partial charge is 0.382 e. The van der Waals surface area contributed by atoms with Crippen LogP contribution in [0, 0.1) is 6.92 Å². The number of carbonyl (C=O) groups excluding carboxylic acids is 1. The molecule has 1 saturated carbocycles. The summed E-state index contributed by atoms with van der Waals surface area (Å²) >= 11 is 0. The summed E-state index contributed by atoms with van der Waals surface area (Å²) < 4.78 is 1.71. The average molecular weight is 333 g/mol. The lowest BCUT2D eigenvalue weighted by Gasteiger charge is -2.08. The summed E-state index contributed by atoms with van der Waals surface area (Å²) in [7, 11) is 0. The normalized spacial score (nSPS) is 12.8. The maximum Gasteiger partial charge on any atom is 0.170 e. The maximum absolute atomic E-state index is 11.2. The molecule has 25 heavy (non-hydrogen) atoms. The number of H-pyrrole nitrogens is 1. The van der Waals surface area contributed by atoms with Crippen molar-refractivity contribution in [2.45, 2.75) is 26.2 Å². The molecule has 6 nitrogen and oxygen atoms in total. The third-order valence-corrected chi connectivity index (χ3v) is 4.30. The van der Waals surface area contributed by atoms with Gasteiger partial charge in [-0.3, -0.25) is 9.20 Å². The molecule has 0 radical (unpaired) electrons.